The lowest BCUT2D eigenvalue weighted by molar-refractivity contribution is 0.126. The summed E-state index contributed by atoms with van der Waals surface area (Å²) < 4.78 is 0. The third-order valence-corrected chi connectivity index (χ3v) is 4.07. The lowest BCUT2D eigenvalue weighted by Gasteiger charge is -2.35. The maximum Gasteiger partial charge on any atom is 0.0984 e. The van der Waals surface area contributed by atoms with E-state index in [0.717, 1.165) is 32.6 Å². The standard InChI is InChI=1S/C16H23N3/c1-14(15-6-4-3-5-7-15)12-16(13-17)19-10-8-18(2)9-11-19/h3-7,14,16H,8-12H2,1-2H3. The van der Waals surface area contributed by atoms with Crippen LogP contribution in [0.1, 0.15) is 24.8 Å². The molecule has 1 aromatic carbocycles. The molecule has 19 heavy (non-hydrogen) atoms. The lowest BCUT2D eigenvalue weighted by Crippen LogP contribution is -2.48. The fraction of sp³-hybridized carbons (Fsp3) is 0.562. The van der Waals surface area contributed by atoms with Gasteiger partial charge in [-0.05, 0) is 24.9 Å². The van der Waals surface area contributed by atoms with Crippen molar-refractivity contribution in [3.8, 4) is 6.07 Å². The van der Waals surface area contributed by atoms with Crippen LogP contribution < -0.4 is 0 Å². The minimum absolute atomic E-state index is 0.0453. The summed E-state index contributed by atoms with van der Waals surface area (Å²) >= 11 is 0. The molecule has 2 rings (SSSR count). The predicted octanol–water partition coefficient (Wildman–Crippen LogP) is 2.32. The summed E-state index contributed by atoms with van der Waals surface area (Å²) in [6, 6.07) is 13.0. The van der Waals surface area contributed by atoms with E-state index in [9.17, 15) is 5.26 Å². The zero-order chi connectivity index (χ0) is 13.7. The van der Waals surface area contributed by atoms with Gasteiger partial charge in [0.05, 0.1) is 12.1 Å². The summed E-state index contributed by atoms with van der Waals surface area (Å²) in [5, 5.41) is 9.43. The van der Waals surface area contributed by atoms with E-state index in [1.807, 2.05) is 6.07 Å². The molecule has 0 aromatic heterocycles. The SMILES string of the molecule is CC(CC(C#N)N1CCN(C)CC1)c1ccccc1. The molecule has 1 aliphatic rings. The Morgan fingerprint density at radius 1 is 1.16 bits per heavy atom. The van der Waals surface area contributed by atoms with Crippen LogP contribution in [-0.2, 0) is 0 Å². The van der Waals surface area contributed by atoms with E-state index in [1.165, 1.54) is 5.56 Å². The molecule has 102 valence electrons. The zero-order valence-electron chi connectivity index (χ0n) is 11.9. The molecule has 2 atom stereocenters. The number of nitriles is 1. The Kier molecular flexibility index (Phi) is 4.95. The highest BCUT2D eigenvalue weighted by atomic mass is 15.3. The van der Waals surface area contributed by atoms with Gasteiger partial charge in [-0.2, -0.15) is 5.26 Å². The van der Waals surface area contributed by atoms with E-state index in [1.54, 1.807) is 0 Å². The Bertz CT molecular complexity index is 415. The first kappa shape index (κ1) is 14.0. The Labute approximate surface area is 116 Å². The van der Waals surface area contributed by atoms with Crippen LogP contribution in [0.15, 0.2) is 30.3 Å². The number of rotatable bonds is 4. The van der Waals surface area contributed by atoms with Crippen LogP contribution in [-0.4, -0.2) is 49.1 Å². The molecule has 1 fully saturated rings. The first-order valence-electron chi connectivity index (χ1n) is 7.08. The third kappa shape index (κ3) is 3.79. The van der Waals surface area contributed by atoms with Crippen LogP contribution in [0.2, 0.25) is 0 Å². The molecular weight excluding hydrogens is 234 g/mol. The van der Waals surface area contributed by atoms with Gasteiger partial charge in [-0.25, -0.2) is 0 Å². The molecule has 0 radical (unpaired) electrons. The largest absolute Gasteiger partial charge is 0.304 e. The molecule has 1 aromatic rings. The summed E-state index contributed by atoms with van der Waals surface area (Å²) in [7, 11) is 2.14. The lowest BCUT2D eigenvalue weighted by atomic mass is 9.93. The van der Waals surface area contributed by atoms with Gasteiger partial charge in [-0.3, -0.25) is 4.90 Å². The first-order valence-corrected chi connectivity index (χ1v) is 7.08. The number of hydrogen-bond acceptors (Lipinski definition) is 3. The van der Waals surface area contributed by atoms with E-state index in [4.69, 9.17) is 0 Å². The summed E-state index contributed by atoms with van der Waals surface area (Å²) in [6.45, 7) is 6.37. The van der Waals surface area contributed by atoms with Gasteiger partial charge in [0.15, 0.2) is 0 Å². The average Bonchev–Trinajstić information content (AvgIpc) is 2.46. The van der Waals surface area contributed by atoms with Crippen LogP contribution in [0.25, 0.3) is 0 Å². The molecule has 0 bridgehead atoms. The first-order chi connectivity index (χ1) is 9.20. The van der Waals surface area contributed by atoms with Gasteiger partial charge in [-0.15, -0.1) is 0 Å². The second kappa shape index (κ2) is 6.70. The van der Waals surface area contributed by atoms with Gasteiger partial charge in [0.1, 0.15) is 0 Å². The molecule has 3 heteroatoms. The van der Waals surface area contributed by atoms with Crippen molar-refractivity contribution in [2.45, 2.75) is 25.3 Å². The second-order valence-electron chi connectivity index (χ2n) is 5.53. The van der Waals surface area contributed by atoms with Crippen molar-refractivity contribution in [2.24, 2.45) is 0 Å². The smallest absolute Gasteiger partial charge is 0.0984 e. The van der Waals surface area contributed by atoms with Crippen molar-refractivity contribution in [1.29, 1.82) is 5.26 Å². The number of piperazine rings is 1. The highest BCUT2D eigenvalue weighted by Gasteiger charge is 2.24. The molecule has 1 aliphatic heterocycles. The molecular formula is C16H23N3. The molecule has 0 N–H and O–H groups in total. The van der Waals surface area contributed by atoms with Crippen LogP contribution in [0.3, 0.4) is 0 Å². The topological polar surface area (TPSA) is 30.3 Å². The Morgan fingerprint density at radius 3 is 2.37 bits per heavy atom. The maximum atomic E-state index is 9.43. The van der Waals surface area contributed by atoms with E-state index >= 15 is 0 Å². The normalized spacial score (nSPS) is 20.7. The van der Waals surface area contributed by atoms with Crippen LogP contribution >= 0.6 is 0 Å². The van der Waals surface area contributed by atoms with Gasteiger partial charge >= 0.3 is 0 Å². The minimum Gasteiger partial charge on any atom is -0.304 e. The molecule has 1 heterocycles. The van der Waals surface area contributed by atoms with Crippen molar-refractivity contribution >= 4 is 0 Å². The summed E-state index contributed by atoms with van der Waals surface area (Å²) in [6.07, 6.45) is 0.921. The summed E-state index contributed by atoms with van der Waals surface area (Å²) in [5.74, 6) is 0.436. The van der Waals surface area contributed by atoms with Gasteiger partial charge in [0, 0.05) is 26.2 Å². The quantitative estimate of drug-likeness (QED) is 0.829. The van der Waals surface area contributed by atoms with E-state index < -0.39 is 0 Å². The van der Waals surface area contributed by atoms with E-state index in [2.05, 4.69) is 54.1 Å². The second-order valence-corrected chi connectivity index (χ2v) is 5.53. The molecule has 0 aliphatic carbocycles. The molecule has 1 saturated heterocycles. The monoisotopic (exact) mass is 257 g/mol. The van der Waals surface area contributed by atoms with Crippen molar-refractivity contribution < 1.29 is 0 Å². The van der Waals surface area contributed by atoms with Crippen molar-refractivity contribution in [3.63, 3.8) is 0 Å². The highest BCUT2D eigenvalue weighted by Crippen LogP contribution is 2.22. The molecule has 2 unspecified atom stereocenters. The van der Waals surface area contributed by atoms with Gasteiger partial charge in [0.2, 0.25) is 0 Å². The van der Waals surface area contributed by atoms with Crippen molar-refractivity contribution in [1.82, 2.24) is 9.80 Å². The zero-order valence-corrected chi connectivity index (χ0v) is 11.9. The van der Waals surface area contributed by atoms with E-state index in [-0.39, 0.29) is 6.04 Å². The highest BCUT2D eigenvalue weighted by molar-refractivity contribution is 5.19. The number of benzene rings is 1. The fourth-order valence-electron chi connectivity index (χ4n) is 2.67. The molecule has 0 spiro atoms. The predicted molar refractivity (Wildman–Crippen MR) is 77.9 cm³/mol. The Hall–Kier alpha value is -1.37. The van der Waals surface area contributed by atoms with Gasteiger partial charge in [-0.1, -0.05) is 37.3 Å². The Balaban J connectivity index is 1.94. The fourth-order valence-corrected chi connectivity index (χ4v) is 2.67. The van der Waals surface area contributed by atoms with Crippen LogP contribution in [0.5, 0.6) is 0 Å². The number of nitrogens with zero attached hydrogens (tertiary/aromatic N) is 3. The summed E-state index contributed by atoms with van der Waals surface area (Å²) in [5.41, 5.74) is 1.33. The van der Waals surface area contributed by atoms with Crippen molar-refractivity contribution in [3.05, 3.63) is 35.9 Å². The Morgan fingerprint density at radius 2 is 1.79 bits per heavy atom. The maximum absolute atomic E-state index is 9.43. The van der Waals surface area contributed by atoms with Crippen LogP contribution in [0.4, 0.5) is 0 Å². The molecule has 0 amide bonds. The van der Waals surface area contributed by atoms with Gasteiger partial charge in [0.25, 0.3) is 0 Å². The average molecular weight is 257 g/mol. The van der Waals surface area contributed by atoms with Crippen molar-refractivity contribution in [2.75, 3.05) is 33.2 Å². The number of likely N-dealkylation sites (N-methyl/N-ethyl adjacent to an activating group) is 1. The molecule has 3 nitrogen and oxygen atoms in total. The van der Waals surface area contributed by atoms with Gasteiger partial charge < -0.3 is 4.90 Å². The summed E-state index contributed by atoms with van der Waals surface area (Å²) in [4.78, 5) is 4.66. The third-order valence-electron chi connectivity index (χ3n) is 4.07. The molecule has 0 saturated carbocycles. The minimum atomic E-state index is 0.0453. The van der Waals surface area contributed by atoms with Crippen LogP contribution in [0, 0.1) is 11.3 Å². The van der Waals surface area contributed by atoms with E-state index in [0.29, 0.717) is 5.92 Å². The number of hydrogen-bond donors (Lipinski definition) is 0.